The van der Waals surface area contributed by atoms with Gasteiger partial charge in [0.05, 0.1) is 11.5 Å². The number of nitro benzene ring substituents is 1. The highest BCUT2D eigenvalue weighted by molar-refractivity contribution is 5.97. The third-order valence-electron chi connectivity index (χ3n) is 4.61. The second kappa shape index (κ2) is 10.4. The first kappa shape index (κ1) is 22.9. The number of carbonyl (C=O) groups excluding carboxylic acids is 2. The molecule has 2 aromatic rings. The number of amides is 2. The molecule has 0 N–H and O–H groups in total. The minimum absolute atomic E-state index is 0.134. The lowest BCUT2D eigenvalue weighted by atomic mass is 10.1. The lowest BCUT2D eigenvalue weighted by Gasteiger charge is -2.28. The molecule has 30 heavy (non-hydrogen) atoms. The molecule has 2 rings (SSSR count). The van der Waals surface area contributed by atoms with Gasteiger partial charge in [-0.05, 0) is 24.1 Å². The summed E-state index contributed by atoms with van der Waals surface area (Å²) in [6.07, 6.45) is 3.45. The van der Waals surface area contributed by atoms with Crippen LogP contribution in [0.15, 0.2) is 55.3 Å². The average molecular weight is 412 g/mol. The molecule has 160 valence electrons. The Morgan fingerprint density at radius 1 is 1.23 bits per heavy atom. The van der Waals surface area contributed by atoms with Crippen molar-refractivity contribution in [3.63, 3.8) is 0 Å². The number of non-ortho nitro benzene ring substituents is 1. The van der Waals surface area contributed by atoms with Gasteiger partial charge in [-0.25, -0.2) is 0 Å². The smallest absolute Gasteiger partial charge is 0.270 e. The quantitative estimate of drug-likeness (QED) is 0.340. The number of nitro groups is 1. The predicted molar refractivity (Wildman–Crippen MR) is 115 cm³/mol. The summed E-state index contributed by atoms with van der Waals surface area (Å²) in [7, 11) is 1.92. The van der Waals surface area contributed by atoms with Crippen LogP contribution < -0.4 is 0 Å². The van der Waals surface area contributed by atoms with E-state index in [1.807, 2.05) is 43.8 Å². The summed E-state index contributed by atoms with van der Waals surface area (Å²) in [5, 5.41) is 11.0. The molecule has 0 spiro atoms. The van der Waals surface area contributed by atoms with Gasteiger partial charge in [0.25, 0.3) is 11.6 Å². The van der Waals surface area contributed by atoms with Crippen molar-refractivity contribution in [2.75, 3.05) is 19.6 Å². The van der Waals surface area contributed by atoms with E-state index < -0.39 is 10.8 Å². The highest BCUT2D eigenvalue weighted by Crippen LogP contribution is 2.16. The van der Waals surface area contributed by atoms with Crippen molar-refractivity contribution in [2.24, 2.45) is 13.0 Å². The molecule has 0 radical (unpaired) electrons. The first-order valence-corrected chi connectivity index (χ1v) is 9.75. The van der Waals surface area contributed by atoms with Crippen LogP contribution in [0.3, 0.4) is 0 Å². The Hall–Kier alpha value is -3.42. The zero-order chi connectivity index (χ0) is 22.3. The molecule has 0 unspecified atom stereocenters. The van der Waals surface area contributed by atoms with E-state index >= 15 is 0 Å². The van der Waals surface area contributed by atoms with Crippen LogP contribution in [-0.2, 0) is 18.4 Å². The molecule has 0 saturated heterocycles. The summed E-state index contributed by atoms with van der Waals surface area (Å²) in [5.41, 5.74) is 0.983. The molecule has 2 amide bonds. The molecule has 0 bridgehead atoms. The molecule has 8 nitrogen and oxygen atoms in total. The Morgan fingerprint density at radius 2 is 1.97 bits per heavy atom. The predicted octanol–water partition coefficient (Wildman–Crippen LogP) is 3.25. The van der Waals surface area contributed by atoms with E-state index in [-0.39, 0.29) is 36.2 Å². The molecule has 0 aliphatic heterocycles. The van der Waals surface area contributed by atoms with Crippen molar-refractivity contribution < 1.29 is 14.5 Å². The Kier molecular flexibility index (Phi) is 7.91. The number of rotatable bonds is 10. The fraction of sp³-hybridized carbons (Fsp3) is 0.364. The maximum absolute atomic E-state index is 13.1. The van der Waals surface area contributed by atoms with E-state index in [9.17, 15) is 19.7 Å². The summed E-state index contributed by atoms with van der Waals surface area (Å²) in [5.74, 6) is -0.379. The van der Waals surface area contributed by atoms with Gasteiger partial charge in [0.1, 0.15) is 6.54 Å². The first-order chi connectivity index (χ1) is 14.2. The Morgan fingerprint density at radius 3 is 2.53 bits per heavy atom. The molecule has 1 aromatic heterocycles. The molecule has 0 saturated carbocycles. The van der Waals surface area contributed by atoms with Gasteiger partial charge in [-0.15, -0.1) is 6.58 Å². The molecular formula is C22H28N4O4. The summed E-state index contributed by atoms with van der Waals surface area (Å²) >= 11 is 0. The Labute approximate surface area is 176 Å². The standard InChI is InChI=1S/C22H28N4O4/c1-5-11-24(22(28)18-8-6-9-19(13-18)26(29)30)16-21(27)25(14-17(2)3)15-20-10-7-12-23(20)4/h5-10,12-13,17H,1,11,14-16H2,2-4H3. The topological polar surface area (TPSA) is 88.7 Å². The molecule has 1 heterocycles. The minimum atomic E-state index is -0.552. The lowest BCUT2D eigenvalue weighted by molar-refractivity contribution is -0.384. The maximum Gasteiger partial charge on any atom is 0.270 e. The van der Waals surface area contributed by atoms with Crippen LogP contribution in [0.5, 0.6) is 0 Å². The monoisotopic (exact) mass is 412 g/mol. The van der Waals surface area contributed by atoms with Crippen molar-refractivity contribution in [1.29, 1.82) is 0 Å². The van der Waals surface area contributed by atoms with Crippen LogP contribution in [0.25, 0.3) is 0 Å². The van der Waals surface area contributed by atoms with Gasteiger partial charge in [-0.1, -0.05) is 26.0 Å². The maximum atomic E-state index is 13.1. The normalized spacial score (nSPS) is 10.7. The van der Waals surface area contributed by atoms with E-state index in [4.69, 9.17) is 0 Å². The average Bonchev–Trinajstić information content (AvgIpc) is 3.10. The number of benzene rings is 1. The van der Waals surface area contributed by atoms with Crippen LogP contribution in [0.2, 0.25) is 0 Å². The molecule has 0 aliphatic rings. The van der Waals surface area contributed by atoms with Gasteiger partial charge in [-0.3, -0.25) is 19.7 Å². The number of aromatic nitrogens is 1. The van der Waals surface area contributed by atoms with E-state index in [0.29, 0.717) is 13.1 Å². The fourth-order valence-electron chi connectivity index (χ4n) is 3.13. The van der Waals surface area contributed by atoms with Crippen LogP contribution in [0.1, 0.15) is 29.9 Å². The number of hydrogen-bond acceptors (Lipinski definition) is 4. The molecule has 8 heteroatoms. The highest BCUT2D eigenvalue weighted by Gasteiger charge is 2.24. The highest BCUT2D eigenvalue weighted by atomic mass is 16.6. The summed E-state index contributed by atoms with van der Waals surface area (Å²) in [4.78, 5) is 39.6. The fourth-order valence-corrected chi connectivity index (χ4v) is 3.13. The summed E-state index contributed by atoms with van der Waals surface area (Å²) in [6.45, 7) is 8.74. The molecule has 0 atom stereocenters. The minimum Gasteiger partial charge on any atom is -0.353 e. The van der Waals surface area contributed by atoms with Crippen LogP contribution in [0.4, 0.5) is 5.69 Å². The number of hydrogen-bond donors (Lipinski definition) is 0. The third kappa shape index (κ3) is 6.04. The third-order valence-corrected chi connectivity index (χ3v) is 4.61. The second-order valence-electron chi connectivity index (χ2n) is 7.56. The van der Waals surface area contributed by atoms with Gasteiger partial charge in [-0.2, -0.15) is 0 Å². The Bertz CT molecular complexity index is 919. The second-order valence-corrected chi connectivity index (χ2v) is 7.56. The summed E-state index contributed by atoms with van der Waals surface area (Å²) < 4.78 is 1.95. The number of carbonyl (C=O) groups is 2. The van der Waals surface area contributed by atoms with Gasteiger partial charge in [0.15, 0.2) is 0 Å². The SMILES string of the molecule is C=CCN(CC(=O)N(Cc1cccn1C)CC(C)C)C(=O)c1cccc([N+](=O)[O-])c1. The van der Waals surface area contributed by atoms with Crippen LogP contribution in [-0.4, -0.2) is 50.7 Å². The first-order valence-electron chi connectivity index (χ1n) is 9.75. The van der Waals surface area contributed by atoms with Crippen molar-refractivity contribution in [3.8, 4) is 0 Å². The van der Waals surface area contributed by atoms with Crippen LogP contribution >= 0.6 is 0 Å². The summed E-state index contributed by atoms with van der Waals surface area (Å²) in [6, 6.07) is 9.38. The molecule has 0 fully saturated rings. The van der Waals surface area contributed by atoms with Crippen molar-refractivity contribution in [3.05, 3.63) is 76.6 Å². The van der Waals surface area contributed by atoms with Gasteiger partial charge in [0, 0.05) is 49.7 Å². The molecule has 1 aromatic carbocycles. The van der Waals surface area contributed by atoms with E-state index in [1.54, 1.807) is 4.90 Å². The van der Waals surface area contributed by atoms with Crippen molar-refractivity contribution in [1.82, 2.24) is 14.4 Å². The van der Waals surface area contributed by atoms with Crippen molar-refractivity contribution >= 4 is 17.5 Å². The largest absolute Gasteiger partial charge is 0.353 e. The lowest BCUT2D eigenvalue weighted by Crippen LogP contribution is -2.44. The van der Waals surface area contributed by atoms with Crippen molar-refractivity contribution in [2.45, 2.75) is 20.4 Å². The van der Waals surface area contributed by atoms with Gasteiger partial charge in [0.2, 0.25) is 5.91 Å². The van der Waals surface area contributed by atoms with E-state index in [1.165, 1.54) is 35.2 Å². The zero-order valence-corrected chi connectivity index (χ0v) is 17.7. The van der Waals surface area contributed by atoms with E-state index in [2.05, 4.69) is 6.58 Å². The molecule has 0 aliphatic carbocycles. The Balaban J connectivity index is 2.21. The van der Waals surface area contributed by atoms with Gasteiger partial charge < -0.3 is 14.4 Å². The zero-order valence-electron chi connectivity index (χ0n) is 17.7. The number of aryl methyl sites for hydroxylation is 1. The van der Waals surface area contributed by atoms with E-state index in [0.717, 1.165) is 5.69 Å². The number of nitrogens with zero attached hydrogens (tertiary/aromatic N) is 4. The van der Waals surface area contributed by atoms with Gasteiger partial charge >= 0.3 is 0 Å². The van der Waals surface area contributed by atoms with Crippen LogP contribution in [0, 0.1) is 16.0 Å². The molecular weight excluding hydrogens is 384 g/mol.